The van der Waals surface area contributed by atoms with Crippen molar-refractivity contribution in [2.24, 2.45) is 0 Å². The molecule has 0 aliphatic carbocycles. The molecule has 0 heterocycles. The number of hydrogen-bond donors (Lipinski definition) is 1. The highest BCUT2D eigenvalue weighted by atomic mass is 16.6. The number of alkyl carbamates (subject to hydrolysis) is 1. The number of rotatable bonds is 10. The highest BCUT2D eigenvalue weighted by Gasteiger charge is 2.22. The topological polar surface area (TPSA) is 67.9 Å². The Bertz CT molecular complexity index is 777. The summed E-state index contributed by atoms with van der Waals surface area (Å²) in [5.74, 6) is 0. The van der Waals surface area contributed by atoms with Gasteiger partial charge in [-0.15, -0.1) is 0 Å². The monoisotopic (exact) mass is 440 g/mol. The molecule has 0 aliphatic rings. The average Bonchev–Trinajstić information content (AvgIpc) is 2.75. The number of nitrogens with zero attached hydrogens (tertiary/aromatic N) is 1. The van der Waals surface area contributed by atoms with Gasteiger partial charge in [0.2, 0.25) is 0 Å². The van der Waals surface area contributed by atoms with E-state index in [0.717, 1.165) is 24.0 Å². The average molecular weight is 441 g/mol. The van der Waals surface area contributed by atoms with E-state index in [1.54, 1.807) is 4.90 Å². The van der Waals surface area contributed by atoms with E-state index in [1.807, 2.05) is 81.4 Å². The van der Waals surface area contributed by atoms with Crippen LogP contribution >= 0.6 is 0 Å². The number of carbonyl (C=O) groups is 2. The molecule has 2 aromatic carbocycles. The van der Waals surface area contributed by atoms with Crippen LogP contribution in [0.1, 0.15) is 58.1 Å². The number of ether oxygens (including phenoxy) is 2. The standard InChI is InChI=1S/C26H36N2O4/c1-5-6-17-23(27-24(29)32-26(2,3)4)20-31-25(30)28(18-21-13-9-7-10-14-21)19-22-15-11-8-12-16-22/h7-16,23H,5-6,17-20H2,1-4H3,(H,27,29). The normalized spacial score (nSPS) is 12.0. The van der Waals surface area contributed by atoms with Crippen molar-refractivity contribution in [3.63, 3.8) is 0 Å². The Kier molecular flexibility index (Phi) is 10.1. The maximum Gasteiger partial charge on any atom is 0.410 e. The largest absolute Gasteiger partial charge is 0.447 e. The van der Waals surface area contributed by atoms with Crippen LogP contribution in [-0.2, 0) is 22.6 Å². The summed E-state index contributed by atoms with van der Waals surface area (Å²) >= 11 is 0. The third kappa shape index (κ3) is 9.86. The summed E-state index contributed by atoms with van der Waals surface area (Å²) in [6, 6.07) is 19.3. The minimum atomic E-state index is -0.585. The van der Waals surface area contributed by atoms with Crippen LogP contribution in [0.5, 0.6) is 0 Å². The van der Waals surface area contributed by atoms with Crippen molar-refractivity contribution in [1.82, 2.24) is 10.2 Å². The molecule has 0 aromatic heterocycles. The van der Waals surface area contributed by atoms with Gasteiger partial charge in [0.25, 0.3) is 0 Å². The van der Waals surface area contributed by atoms with Gasteiger partial charge in [-0.3, -0.25) is 4.90 Å². The van der Waals surface area contributed by atoms with Gasteiger partial charge >= 0.3 is 12.2 Å². The molecule has 1 N–H and O–H groups in total. The fourth-order valence-corrected chi connectivity index (χ4v) is 3.18. The molecule has 0 spiro atoms. The smallest absolute Gasteiger partial charge is 0.410 e. The minimum absolute atomic E-state index is 0.0954. The summed E-state index contributed by atoms with van der Waals surface area (Å²) in [7, 11) is 0. The van der Waals surface area contributed by atoms with E-state index in [9.17, 15) is 9.59 Å². The van der Waals surface area contributed by atoms with E-state index in [0.29, 0.717) is 19.5 Å². The second kappa shape index (κ2) is 12.7. The molecule has 2 rings (SSSR count). The van der Waals surface area contributed by atoms with Crippen molar-refractivity contribution < 1.29 is 19.1 Å². The molecule has 32 heavy (non-hydrogen) atoms. The zero-order chi connectivity index (χ0) is 23.4. The van der Waals surface area contributed by atoms with Crippen molar-refractivity contribution in [1.29, 1.82) is 0 Å². The Balaban J connectivity index is 2.03. The molecule has 0 fully saturated rings. The number of amides is 2. The lowest BCUT2D eigenvalue weighted by Crippen LogP contribution is -2.43. The van der Waals surface area contributed by atoms with E-state index < -0.39 is 17.8 Å². The third-order valence-corrected chi connectivity index (χ3v) is 4.73. The molecule has 0 aliphatic heterocycles. The first-order valence-electron chi connectivity index (χ1n) is 11.3. The van der Waals surface area contributed by atoms with Gasteiger partial charge in [-0.1, -0.05) is 80.4 Å². The molecule has 6 heteroatoms. The molecule has 1 unspecified atom stereocenters. The summed E-state index contributed by atoms with van der Waals surface area (Å²) in [4.78, 5) is 26.9. The molecule has 1 atom stereocenters. The van der Waals surface area contributed by atoms with Crippen molar-refractivity contribution in [3.8, 4) is 0 Å². The first-order chi connectivity index (χ1) is 15.3. The van der Waals surface area contributed by atoms with Crippen LogP contribution < -0.4 is 5.32 Å². The van der Waals surface area contributed by atoms with E-state index in [2.05, 4.69) is 12.2 Å². The number of hydrogen-bond acceptors (Lipinski definition) is 4. The van der Waals surface area contributed by atoms with Gasteiger partial charge in [-0.2, -0.15) is 0 Å². The highest BCUT2D eigenvalue weighted by molar-refractivity contribution is 5.69. The Hall–Kier alpha value is -3.02. The fourth-order valence-electron chi connectivity index (χ4n) is 3.18. The number of benzene rings is 2. The number of nitrogens with one attached hydrogen (secondary N) is 1. The Morgan fingerprint density at radius 1 is 0.938 bits per heavy atom. The Morgan fingerprint density at radius 3 is 1.94 bits per heavy atom. The fraction of sp³-hybridized carbons (Fsp3) is 0.462. The molecule has 0 radical (unpaired) electrons. The lowest BCUT2D eigenvalue weighted by Gasteiger charge is -2.26. The van der Waals surface area contributed by atoms with Crippen LogP contribution in [0.3, 0.4) is 0 Å². The quantitative estimate of drug-likeness (QED) is 0.499. The van der Waals surface area contributed by atoms with Crippen molar-refractivity contribution in [2.45, 2.75) is 71.7 Å². The van der Waals surface area contributed by atoms with E-state index in [4.69, 9.17) is 9.47 Å². The summed E-state index contributed by atoms with van der Waals surface area (Å²) in [6.07, 6.45) is 1.69. The van der Waals surface area contributed by atoms with Crippen LogP contribution in [-0.4, -0.2) is 35.3 Å². The van der Waals surface area contributed by atoms with Crippen LogP contribution in [0.4, 0.5) is 9.59 Å². The summed E-state index contributed by atoms with van der Waals surface area (Å²) in [5, 5.41) is 2.85. The van der Waals surface area contributed by atoms with E-state index in [1.165, 1.54) is 0 Å². The van der Waals surface area contributed by atoms with Crippen LogP contribution in [0.15, 0.2) is 60.7 Å². The molecular formula is C26H36N2O4. The number of unbranched alkanes of at least 4 members (excludes halogenated alkanes) is 1. The van der Waals surface area contributed by atoms with Crippen molar-refractivity contribution >= 4 is 12.2 Å². The summed E-state index contributed by atoms with van der Waals surface area (Å²) < 4.78 is 11.0. The minimum Gasteiger partial charge on any atom is -0.447 e. The molecule has 0 bridgehead atoms. The highest BCUT2D eigenvalue weighted by Crippen LogP contribution is 2.13. The maximum absolute atomic E-state index is 13.0. The zero-order valence-corrected chi connectivity index (χ0v) is 19.7. The lowest BCUT2D eigenvalue weighted by atomic mass is 10.1. The summed E-state index contributed by atoms with van der Waals surface area (Å²) in [6.45, 7) is 8.51. The third-order valence-electron chi connectivity index (χ3n) is 4.73. The second-order valence-corrected chi connectivity index (χ2v) is 8.89. The van der Waals surface area contributed by atoms with Gasteiger partial charge in [0.1, 0.15) is 12.2 Å². The molecular weight excluding hydrogens is 404 g/mol. The van der Waals surface area contributed by atoms with Gasteiger partial charge in [0.05, 0.1) is 6.04 Å². The van der Waals surface area contributed by atoms with Gasteiger partial charge in [0.15, 0.2) is 0 Å². The predicted octanol–water partition coefficient (Wildman–Crippen LogP) is 5.91. The van der Waals surface area contributed by atoms with Gasteiger partial charge in [0, 0.05) is 13.1 Å². The molecule has 174 valence electrons. The first kappa shape index (κ1) is 25.2. The molecule has 6 nitrogen and oxygen atoms in total. The van der Waals surface area contributed by atoms with Crippen molar-refractivity contribution in [3.05, 3.63) is 71.8 Å². The zero-order valence-electron chi connectivity index (χ0n) is 19.7. The molecule has 2 aromatic rings. The van der Waals surface area contributed by atoms with Crippen LogP contribution in [0, 0.1) is 0 Å². The van der Waals surface area contributed by atoms with Crippen LogP contribution in [0.2, 0.25) is 0 Å². The van der Waals surface area contributed by atoms with E-state index >= 15 is 0 Å². The van der Waals surface area contributed by atoms with Gasteiger partial charge in [-0.05, 0) is 38.3 Å². The van der Waals surface area contributed by atoms with E-state index in [-0.39, 0.29) is 12.6 Å². The maximum atomic E-state index is 13.0. The molecule has 2 amide bonds. The predicted molar refractivity (Wildman–Crippen MR) is 126 cm³/mol. The Morgan fingerprint density at radius 2 is 1.47 bits per heavy atom. The molecule has 0 saturated heterocycles. The first-order valence-corrected chi connectivity index (χ1v) is 11.3. The number of carbonyl (C=O) groups excluding carboxylic acids is 2. The molecule has 0 saturated carbocycles. The SMILES string of the molecule is CCCCC(COC(=O)N(Cc1ccccc1)Cc1ccccc1)NC(=O)OC(C)(C)C. The lowest BCUT2D eigenvalue weighted by molar-refractivity contribution is 0.0442. The second-order valence-electron chi connectivity index (χ2n) is 8.89. The van der Waals surface area contributed by atoms with Crippen molar-refractivity contribution in [2.75, 3.05) is 6.61 Å². The van der Waals surface area contributed by atoms with Gasteiger partial charge in [-0.25, -0.2) is 9.59 Å². The van der Waals surface area contributed by atoms with Gasteiger partial charge < -0.3 is 14.8 Å². The van der Waals surface area contributed by atoms with Crippen LogP contribution in [0.25, 0.3) is 0 Å². The summed E-state index contributed by atoms with van der Waals surface area (Å²) in [5.41, 5.74) is 1.46. The Labute approximate surface area is 191 Å².